The van der Waals surface area contributed by atoms with Gasteiger partial charge in [-0.05, 0) is 42.2 Å². The van der Waals surface area contributed by atoms with Gasteiger partial charge in [0.05, 0.1) is 5.92 Å². The standard InChI is InChI=1S/C27H26N2O4/c30-26(25(19-7-3-1-4-8-19)20-9-5-2-6-10-20)28-22-13-15-29(16-14-22)27(31)21-11-12-23-24(17-21)33-18-32-23/h1-12,17,22,25H,13-16,18H2,(H,28,30). The first kappa shape index (κ1) is 21.1. The van der Waals surface area contributed by atoms with Crippen LogP contribution in [0.25, 0.3) is 0 Å². The molecular weight excluding hydrogens is 416 g/mol. The van der Waals surface area contributed by atoms with E-state index in [0.717, 1.165) is 24.0 Å². The number of likely N-dealkylation sites (tertiary alicyclic amines) is 1. The lowest BCUT2D eigenvalue weighted by atomic mass is 9.90. The number of fused-ring (bicyclic) bond motifs is 1. The molecule has 3 aromatic rings. The number of hydrogen-bond donors (Lipinski definition) is 1. The Bertz CT molecular complexity index is 1090. The van der Waals surface area contributed by atoms with Crippen LogP contribution in [-0.4, -0.2) is 42.6 Å². The maximum atomic E-state index is 13.3. The molecule has 6 nitrogen and oxygen atoms in total. The topological polar surface area (TPSA) is 67.9 Å². The summed E-state index contributed by atoms with van der Waals surface area (Å²) >= 11 is 0. The number of carbonyl (C=O) groups is 2. The number of hydrogen-bond acceptors (Lipinski definition) is 4. The normalized spacial score (nSPS) is 15.5. The van der Waals surface area contributed by atoms with Gasteiger partial charge in [0.2, 0.25) is 12.7 Å². The van der Waals surface area contributed by atoms with Gasteiger partial charge in [-0.25, -0.2) is 0 Å². The smallest absolute Gasteiger partial charge is 0.253 e. The average molecular weight is 443 g/mol. The monoisotopic (exact) mass is 442 g/mol. The zero-order chi connectivity index (χ0) is 22.6. The van der Waals surface area contributed by atoms with E-state index in [2.05, 4.69) is 5.32 Å². The molecule has 168 valence electrons. The SMILES string of the molecule is O=C(NC1CCN(C(=O)c2ccc3c(c2)OCO3)CC1)C(c1ccccc1)c1ccccc1. The molecule has 0 aliphatic carbocycles. The molecule has 0 radical (unpaired) electrons. The first-order valence-corrected chi connectivity index (χ1v) is 11.3. The van der Waals surface area contributed by atoms with Crippen LogP contribution in [0.2, 0.25) is 0 Å². The van der Waals surface area contributed by atoms with Crippen molar-refractivity contribution in [2.45, 2.75) is 24.8 Å². The van der Waals surface area contributed by atoms with E-state index in [0.29, 0.717) is 30.2 Å². The number of amides is 2. The molecule has 1 N–H and O–H groups in total. The largest absolute Gasteiger partial charge is 0.454 e. The molecule has 2 aliphatic heterocycles. The molecule has 1 saturated heterocycles. The number of rotatable bonds is 5. The highest BCUT2D eigenvalue weighted by Crippen LogP contribution is 2.33. The molecule has 0 spiro atoms. The highest BCUT2D eigenvalue weighted by atomic mass is 16.7. The van der Waals surface area contributed by atoms with Gasteiger partial charge in [-0.3, -0.25) is 9.59 Å². The van der Waals surface area contributed by atoms with E-state index in [-0.39, 0.29) is 30.6 Å². The molecule has 0 saturated carbocycles. The molecule has 2 aliphatic rings. The number of carbonyl (C=O) groups excluding carboxylic acids is 2. The summed E-state index contributed by atoms with van der Waals surface area (Å²) in [5.41, 5.74) is 2.53. The molecule has 33 heavy (non-hydrogen) atoms. The van der Waals surface area contributed by atoms with Crippen molar-refractivity contribution in [3.63, 3.8) is 0 Å². The van der Waals surface area contributed by atoms with E-state index in [9.17, 15) is 9.59 Å². The Morgan fingerprint density at radius 2 is 1.42 bits per heavy atom. The van der Waals surface area contributed by atoms with Crippen LogP contribution in [0.1, 0.15) is 40.2 Å². The average Bonchev–Trinajstić information content (AvgIpc) is 3.34. The van der Waals surface area contributed by atoms with Crippen LogP contribution in [0.15, 0.2) is 78.9 Å². The third-order valence-corrected chi connectivity index (χ3v) is 6.28. The minimum absolute atomic E-state index is 0.00653. The van der Waals surface area contributed by atoms with E-state index in [4.69, 9.17) is 9.47 Å². The molecule has 0 atom stereocenters. The summed E-state index contributed by atoms with van der Waals surface area (Å²) in [6, 6.07) is 25.0. The fraction of sp³-hybridized carbons (Fsp3) is 0.259. The molecule has 2 heterocycles. The Kier molecular flexibility index (Phi) is 5.98. The van der Waals surface area contributed by atoms with Crippen LogP contribution in [-0.2, 0) is 4.79 Å². The summed E-state index contributed by atoms with van der Waals surface area (Å²) in [6.45, 7) is 1.38. The third-order valence-electron chi connectivity index (χ3n) is 6.28. The van der Waals surface area contributed by atoms with E-state index in [1.807, 2.05) is 65.6 Å². The predicted molar refractivity (Wildman–Crippen MR) is 124 cm³/mol. The van der Waals surface area contributed by atoms with Gasteiger partial charge in [0, 0.05) is 24.7 Å². The highest BCUT2D eigenvalue weighted by Gasteiger charge is 2.29. The molecule has 6 heteroatoms. The first-order valence-electron chi connectivity index (χ1n) is 11.3. The fourth-order valence-electron chi connectivity index (χ4n) is 4.51. The highest BCUT2D eigenvalue weighted by molar-refractivity contribution is 5.95. The van der Waals surface area contributed by atoms with Crippen molar-refractivity contribution in [3.8, 4) is 11.5 Å². The van der Waals surface area contributed by atoms with E-state index in [1.165, 1.54) is 0 Å². The summed E-state index contributed by atoms with van der Waals surface area (Å²) in [4.78, 5) is 28.1. The summed E-state index contributed by atoms with van der Waals surface area (Å²) in [5, 5.41) is 3.24. The van der Waals surface area contributed by atoms with Crippen LogP contribution < -0.4 is 14.8 Å². The Morgan fingerprint density at radius 1 is 0.818 bits per heavy atom. The van der Waals surface area contributed by atoms with E-state index < -0.39 is 0 Å². The van der Waals surface area contributed by atoms with Crippen molar-refractivity contribution in [2.24, 2.45) is 0 Å². The van der Waals surface area contributed by atoms with Crippen molar-refractivity contribution in [3.05, 3.63) is 95.6 Å². The second-order valence-electron chi connectivity index (χ2n) is 8.40. The molecule has 2 amide bonds. The number of piperidine rings is 1. The lowest BCUT2D eigenvalue weighted by Crippen LogP contribution is -2.47. The quantitative estimate of drug-likeness (QED) is 0.649. The van der Waals surface area contributed by atoms with Crippen molar-refractivity contribution in [2.75, 3.05) is 19.9 Å². The maximum Gasteiger partial charge on any atom is 0.253 e. The van der Waals surface area contributed by atoms with Gasteiger partial charge in [0.1, 0.15) is 0 Å². The van der Waals surface area contributed by atoms with Gasteiger partial charge in [0.25, 0.3) is 5.91 Å². The molecule has 3 aromatic carbocycles. The molecular formula is C27H26N2O4. The maximum absolute atomic E-state index is 13.3. The summed E-state index contributed by atoms with van der Waals surface area (Å²) in [5.74, 6) is 0.883. The van der Waals surface area contributed by atoms with Crippen molar-refractivity contribution < 1.29 is 19.1 Å². The molecule has 0 aromatic heterocycles. The fourth-order valence-corrected chi connectivity index (χ4v) is 4.51. The second-order valence-corrected chi connectivity index (χ2v) is 8.40. The van der Waals surface area contributed by atoms with Gasteiger partial charge in [-0.1, -0.05) is 60.7 Å². The number of nitrogens with zero attached hydrogens (tertiary/aromatic N) is 1. The van der Waals surface area contributed by atoms with E-state index in [1.54, 1.807) is 18.2 Å². The van der Waals surface area contributed by atoms with Gasteiger partial charge in [-0.15, -0.1) is 0 Å². The zero-order valence-corrected chi connectivity index (χ0v) is 18.3. The summed E-state index contributed by atoms with van der Waals surface area (Å²) in [6.07, 6.45) is 1.44. The van der Waals surface area contributed by atoms with Gasteiger partial charge in [0.15, 0.2) is 11.5 Å². The van der Waals surface area contributed by atoms with Crippen LogP contribution in [0.5, 0.6) is 11.5 Å². The van der Waals surface area contributed by atoms with Crippen LogP contribution in [0, 0.1) is 0 Å². The number of benzene rings is 3. The zero-order valence-electron chi connectivity index (χ0n) is 18.3. The Morgan fingerprint density at radius 3 is 2.06 bits per heavy atom. The van der Waals surface area contributed by atoms with Gasteiger partial charge >= 0.3 is 0 Å². The minimum atomic E-state index is -0.360. The first-order chi connectivity index (χ1) is 16.2. The van der Waals surface area contributed by atoms with Crippen LogP contribution in [0.4, 0.5) is 0 Å². The second kappa shape index (κ2) is 9.36. The summed E-state index contributed by atoms with van der Waals surface area (Å²) < 4.78 is 10.7. The minimum Gasteiger partial charge on any atom is -0.454 e. The molecule has 1 fully saturated rings. The van der Waals surface area contributed by atoms with Gasteiger partial charge < -0.3 is 19.7 Å². The summed E-state index contributed by atoms with van der Waals surface area (Å²) in [7, 11) is 0. The van der Waals surface area contributed by atoms with E-state index >= 15 is 0 Å². The molecule has 5 rings (SSSR count). The van der Waals surface area contributed by atoms with Crippen molar-refractivity contribution >= 4 is 11.8 Å². The van der Waals surface area contributed by atoms with Crippen molar-refractivity contribution in [1.29, 1.82) is 0 Å². The third kappa shape index (κ3) is 4.55. The lowest BCUT2D eigenvalue weighted by Gasteiger charge is -2.33. The number of nitrogens with one attached hydrogen (secondary N) is 1. The Balaban J connectivity index is 1.23. The van der Waals surface area contributed by atoms with Crippen LogP contribution >= 0.6 is 0 Å². The number of ether oxygens (including phenoxy) is 2. The molecule has 0 bridgehead atoms. The van der Waals surface area contributed by atoms with Crippen LogP contribution in [0.3, 0.4) is 0 Å². The Labute approximate surface area is 193 Å². The molecule has 0 unspecified atom stereocenters. The Hall–Kier alpha value is -3.80. The lowest BCUT2D eigenvalue weighted by molar-refractivity contribution is -0.122. The van der Waals surface area contributed by atoms with Crippen molar-refractivity contribution in [1.82, 2.24) is 10.2 Å². The predicted octanol–water partition coefficient (Wildman–Crippen LogP) is 3.97. The van der Waals surface area contributed by atoms with Gasteiger partial charge in [-0.2, -0.15) is 0 Å².